The third-order valence-corrected chi connectivity index (χ3v) is 5.31. The number of carbonyl (C=O) groups is 2. The lowest BCUT2D eigenvalue weighted by Crippen LogP contribution is -2.53. The van der Waals surface area contributed by atoms with E-state index in [1.54, 1.807) is 12.0 Å². The summed E-state index contributed by atoms with van der Waals surface area (Å²) in [5, 5.41) is 2.97. The van der Waals surface area contributed by atoms with Crippen LogP contribution in [0.3, 0.4) is 0 Å². The molecule has 2 aromatic rings. The Bertz CT molecular complexity index is 807. The molecule has 3 rings (SSSR count). The van der Waals surface area contributed by atoms with Gasteiger partial charge in [0.15, 0.2) is 0 Å². The second-order valence-corrected chi connectivity index (χ2v) is 7.21. The molecule has 2 amide bonds. The highest BCUT2D eigenvalue weighted by Gasteiger charge is 2.36. The molecule has 148 valence electrons. The number of carbonyl (C=O) groups excluding carboxylic acids is 2. The van der Waals surface area contributed by atoms with Gasteiger partial charge in [-0.05, 0) is 36.0 Å². The summed E-state index contributed by atoms with van der Waals surface area (Å²) in [6, 6.07) is 17.2. The molecule has 2 aromatic carbocycles. The Labute approximate surface area is 166 Å². The van der Waals surface area contributed by atoms with Crippen LogP contribution in [0, 0.1) is 0 Å². The molecule has 0 heterocycles. The molecular weight excluding hydrogens is 352 g/mol. The van der Waals surface area contributed by atoms with Gasteiger partial charge in [0.25, 0.3) is 0 Å². The Morgan fingerprint density at radius 1 is 1.14 bits per heavy atom. The minimum Gasteiger partial charge on any atom is -0.382 e. The lowest BCUT2D eigenvalue weighted by molar-refractivity contribution is -0.144. The van der Waals surface area contributed by atoms with E-state index in [-0.39, 0.29) is 24.5 Å². The number of aryl methyl sites for hydroxylation is 1. The highest BCUT2D eigenvalue weighted by Crippen LogP contribution is 2.35. The van der Waals surface area contributed by atoms with E-state index in [1.165, 1.54) is 12.5 Å². The van der Waals surface area contributed by atoms with Crippen molar-refractivity contribution in [2.75, 3.05) is 13.7 Å². The minimum absolute atomic E-state index is 0.106. The standard InChI is InChI=1S/C23H28N2O3/c1-17(26)25(21-14-8-12-19-11-6-7-13-20(19)21)22(16-28-2)23(27)24-15-18-9-4-3-5-10-18/h3-7,9-11,13,21-22H,8,12,14-16H2,1-2H3,(H,24,27)/t21-,22+/m0/s1. The van der Waals surface area contributed by atoms with Gasteiger partial charge in [0, 0.05) is 20.6 Å². The van der Waals surface area contributed by atoms with Crippen molar-refractivity contribution in [3.05, 3.63) is 71.3 Å². The number of rotatable bonds is 7. The van der Waals surface area contributed by atoms with Crippen LogP contribution in [0.15, 0.2) is 54.6 Å². The van der Waals surface area contributed by atoms with E-state index in [1.807, 2.05) is 42.5 Å². The molecule has 0 saturated heterocycles. The average Bonchev–Trinajstić information content (AvgIpc) is 2.72. The first-order valence-electron chi connectivity index (χ1n) is 9.79. The van der Waals surface area contributed by atoms with Crippen molar-refractivity contribution in [2.24, 2.45) is 0 Å². The molecule has 5 heteroatoms. The number of hydrogen-bond donors (Lipinski definition) is 1. The van der Waals surface area contributed by atoms with E-state index < -0.39 is 6.04 Å². The summed E-state index contributed by atoms with van der Waals surface area (Å²) in [6.45, 7) is 2.12. The SMILES string of the molecule is COC[C@H](C(=O)NCc1ccccc1)N(C(C)=O)[C@H]1CCCc2ccccc21. The topological polar surface area (TPSA) is 58.6 Å². The Morgan fingerprint density at radius 3 is 2.57 bits per heavy atom. The molecule has 0 aliphatic heterocycles. The minimum atomic E-state index is -0.664. The van der Waals surface area contributed by atoms with Crippen LogP contribution in [0.1, 0.15) is 42.5 Å². The molecule has 0 bridgehead atoms. The van der Waals surface area contributed by atoms with Crippen LogP contribution in [0.4, 0.5) is 0 Å². The second-order valence-electron chi connectivity index (χ2n) is 7.21. The maximum absolute atomic E-state index is 13.0. The summed E-state index contributed by atoms with van der Waals surface area (Å²) < 4.78 is 5.33. The average molecular weight is 380 g/mol. The first kappa shape index (κ1) is 20.1. The predicted molar refractivity (Wildman–Crippen MR) is 109 cm³/mol. The summed E-state index contributed by atoms with van der Waals surface area (Å²) in [7, 11) is 1.56. The predicted octanol–water partition coefficient (Wildman–Crippen LogP) is 3.24. The molecule has 0 unspecified atom stereocenters. The van der Waals surface area contributed by atoms with E-state index in [0.717, 1.165) is 30.4 Å². The summed E-state index contributed by atoms with van der Waals surface area (Å²) in [6.07, 6.45) is 2.85. The highest BCUT2D eigenvalue weighted by atomic mass is 16.5. The summed E-state index contributed by atoms with van der Waals surface area (Å²) in [5.74, 6) is -0.303. The second kappa shape index (κ2) is 9.51. The molecule has 0 saturated carbocycles. The molecule has 0 spiro atoms. The van der Waals surface area contributed by atoms with Gasteiger partial charge in [0.05, 0.1) is 12.6 Å². The van der Waals surface area contributed by atoms with E-state index in [2.05, 4.69) is 17.4 Å². The Morgan fingerprint density at radius 2 is 1.86 bits per heavy atom. The van der Waals surface area contributed by atoms with Gasteiger partial charge in [-0.3, -0.25) is 9.59 Å². The molecular formula is C23H28N2O3. The fourth-order valence-electron chi connectivity index (χ4n) is 4.02. The number of fused-ring (bicyclic) bond motifs is 1. The number of hydrogen-bond acceptors (Lipinski definition) is 3. The molecule has 2 atom stereocenters. The number of nitrogens with zero attached hydrogens (tertiary/aromatic N) is 1. The monoisotopic (exact) mass is 380 g/mol. The number of benzene rings is 2. The van der Waals surface area contributed by atoms with Crippen molar-refractivity contribution < 1.29 is 14.3 Å². The Kier molecular flexibility index (Phi) is 6.82. The molecule has 0 radical (unpaired) electrons. The van der Waals surface area contributed by atoms with Crippen molar-refractivity contribution >= 4 is 11.8 Å². The molecule has 0 aromatic heterocycles. The first-order valence-corrected chi connectivity index (χ1v) is 9.79. The zero-order valence-corrected chi connectivity index (χ0v) is 16.6. The van der Waals surface area contributed by atoms with Crippen molar-refractivity contribution in [3.8, 4) is 0 Å². The van der Waals surface area contributed by atoms with Crippen LogP contribution in [0.2, 0.25) is 0 Å². The van der Waals surface area contributed by atoms with Gasteiger partial charge in [0.2, 0.25) is 11.8 Å². The van der Waals surface area contributed by atoms with Crippen molar-refractivity contribution in [1.29, 1.82) is 0 Å². The van der Waals surface area contributed by atoms with Crippen LogP contribution in [0.5, 0.6) is 0 Å². The fraction of sp³-hybridized carbons (Fsp3) is 0.391. The molecule has 1 aliphatic rings. The zero-order chi connectivity index (χ0) is 19.9. The van der Waals surface area contributed by atoms with Gasteiger partial charge in [-0.15, -0.1) is 0 Å². The molecule has 5 nitrogen and oxygen atoms in total. The van der Waals surface area contributed by atoms with Crippen molar-refractivity contribution in [3.63, 3.8) is 0 Å². The van der Waals surface area contributed by atoms with Crippen LogP contribution in [-0.2, 0) is 27.3 Å². The molecule has 0 fully saturated rings. The van der Waals surface area contributed by atoms with E-state index >= 15 is 0 Å². The lowest BCUT2D eigenvalue weighted by Gasteiger charge is -2.39. The normalized spacial score (nSPS) is 16.7. The van der Waals surface area contributed by atoms with Crippen LogP contribution >= 0.6 is 0 Å². The number of amides is 2. The zero-order valence-electron chi connectivity index (χ0n) is 16.6. The Balaban J connectivity index is 1.83. The van der Waals surface area contributed by atoms with Gasteiger partial charge < -0.3 is 15.0 Å². The third-order valence-electron chi connectivity index (χ3n) is 5.31. The quantitative estimate of drug-likeness (QED) is 0.802. The summed E-state index contributed by atoms with van der Waals surface area (Å²) >= 11 is 0. The number of ether oxygens (including phenoxy) is 1. The molecule has 1 N–H and O–H groups in total. The number of nitrogens with one attached hydrogen (secondary N) is 1. The van der Waals surface area contributed by atoms with E-state index in [9.17, 15) is 9.59 Å². The van der Waals surface area contributed by atoms with Crippen LogP contribution in [-0.4, -0.2) is 36.5 Å². The smallest absolute Gasteiger partial charge is 0.245 e. The molecule has 1 aliphatic carbocycles. The van der Waals surface area contributed by atoms with E-state index in [0.29, 0.717) is 6.54 Å². The first-order chi connectivity index (χ1) is 13.6. The lowest BCUT2D eigenvalue weighted by atomic mass is 9.86. The fourth-order valence-corrected chi connectivity index (χ4v) is 4.02. The number of methoxy groups -OCH3 is 1. The van der Waals surface area contributed by atoms with Gasteiger partial charge in [-0.25, -0.2) is 0 Å². The van der Waals surface area contributed by atoms with Crippen molar-refractivity contribution in [2.45, 2.75) is 44.8 Å². The maximum Gasteiger partial charge on any atom is 0.245 e. The largest absolute Gasteiger partial charge is 0.382 e. The van der Waals surface area contributed by atoms with Crippen LogP contribution in [0.25, 0.3) is 0 Å². The van der Waals surface area contributed by atoms with Gasteiger partial charge in [-0.1, -0.05) is 54.6 Å². The van der Waals surface area contributed by atoms with Gasteiger partial charge >= 0.3 is 0 Å². The van der Waals surface area contributed by atoms with Crippen molar-refractivity contribution in [1.82, 2.24) is 10.2 Å². The maximum atomic E-state index is 13.0. The molecule has 28 heavy (non-hydrogen) atoms. The third kappa shape index (κ3) is 4.60. The summed E-state index contributed by atoms with van der Waals surface area (Å²) in [5.41, 5.74) is 3.41. The summed E-state index contributed by atoms with van der Waals surface area (Å²) in [4.78, 5) is 27.4. The van der Waals surface area contributed by atoms with Gasteiger partial charge in [-0.2, -0.15) is 0 Å². The van der Waals surface area contributed by atoms with Crippen LogP contribution < -0.4 is 5.32 Å². The Hall–Kier alpha value is -2.66. The van der Waals surface area contributed by atoms with Gasteiger partial charge in [0.1, 0.15) is 6.04 Å². The highest BCUT2D eigenvalue weighted by molar-refractivity contribution is 5.87. The van der Waals surface area contributed by atoms with E-state index in [4.69, 9.17) is 4.74 Å².